The Hall–Kier alpha value is -1.88. The SMILES string of the molecule is Cc1c(C(=O)NCC(C)(C)O)oc2c(F)cccc12. The highest BCUT2D eigenvalue weighted by Crippen LogP contribution is 2.27. The maximum atomic E-state index is 13.6. The third-order valence-corrected chi connectivity index (χ3v) is 2.80. The molecule has 102 valence electrons. The molecule has 2 N–H and O–H groups in total. The van der Waals surface area contributed by atoms with Crippen LogP contribution >= 0.6 is 0 Å². The van der Waals surface area contributed by atoms with E-state index in [-0.39, 0.29) is 17.9 Å². The van der Waals surface area contributed by atoms with Gasteiger partial charge in [-0.15, -0.1) is 0 Å². The molecule has 1 amide bonds. The zero-order chi connectivity index (χ0) is 14.2. The van der Waals surface area contributed by atoms with Gasteiger partial charge in [-0.1, -0.05) is 12.1 Å². The smallest absolute Gasteiger partial charge is 0.287 e. The molecule has 4 nitrogen and oxygen atoms in total. The quantitative estimate of drug-likeness (QED) is 0.895. The van der Waals surface area contributed by atoms with Gasteiger partial charge >= 0.3 is 0 Å². The molecule has 5 heteroatoms. The van der Waals surface area contributed by atoms with Gasteiger partial charge in [0.05, 0.1) is 5.60 Å². The summed E-state index contributed by atoms with van der Waals surface area (Å²) in [5, 5.41) is 12.7. The number of amides is 1. The molecule has 0 unspecified atom stereocenters. The highest BCUT2D eigenvalue weighted by molar-refractivity contribution is 5.99. The summed E-state index contributed by atoms with van der Waals surface area (Å²) in [6, 6.07) is 4.55. The van der Waals surface area contributed by atoms with E-state index in [1.165, 1.54) is 6.07 Å². The van der Waals surface area contributed by atoms with E-state index in [9.17, 15) is 14.3 Å². The number of hydrogen-bond acceptors (Lipinski definition) is 3. The van der Waals surface area contributed by atoms with Crippen LogP contribution in [0.15, 0.2) is 22.6 Å². The van der Waals surface area contributed by atoms with Gasteiger partial charge in [0.1, 0.15) is 0 Å². The van der Waals surface area contributed by atoms with E-state index in [2.05, 4.69) is 5.32 Å². The average Bonchev–Trinajstić information content (AvgIpc) is 2.65. The van der Waals surface area contributed by atoms with Gasteiger partial charge in [-0.3, -0.25) is 4.79 Å². The summed E-state index contributed by atoms with van der Waals surface area (Å²) in [5.41, 5.74) is -0.350. The van der Waals surface area contributed by atoms with Crippen molar-refractivity contribution in [3.8, 4) is 0 Å². The van der Waals surface area contributed by atoms with Gasteiger partial charge in [0, 0.05) is 17.5 Å². The second-order valence-electron chi connectivity index (χ2n) is 5.17. The summed E-state index contributed by atoms with van der Waals surface area (Å²) < 4.78 is 18.8. The molecule has 0 aliphatic rings. The summed E-state index contributed by atoms with van der Waals surface area (Å²) in [6.45, 7) is 4.95. The molecule has 1 aromatic carbocycles. The number of aliphatic hydroxyl groups is 1. The molecule has 1 heterocycles. The van der Waals surface area contributed by atoms with E-state index in [1.807, 2.05) is 0 Å². The molecule has 2 aromatic rings. The van der Waals surface area contributed by atoms with Crippen molar-refractivity contribution in [1.82, 2.24) is 5.32 Å². The van der Waals surface area contributed by atoms with Gasteiger partial charge in [-0.2, -0.15) is 0 Å². The first-order valence-electron chi connectivity index (χ1n) is 5.98. The fourth-order valence-electron chi connectivity index (χ4n) is 1.80. The van der Waals surface area contributed by atoms with Crippen LogP contribution in [-0.4, -0.2) is 23.2 Å². The zero-order valence-corrected chi connectivity index (χ0v) is 11.1. The molecule has 2 rings (SSSR count). The Balaban J connectivity index is 2.33. The molecule has 0 bridgehead atoms. The van der Waals surface area contributed by atoms with Crippen molar-refractivity contribution in [2.24, 2.45) is 0 Å². The number of benzene rings is 1. The summed E-state index contributed by atoms with van der Waals surface area (Å²) in [7, 11) is 0. The number of aryl methyl sites for hydroxylation is 1. The number of carbonyl (C=O) groups excluding carboxylic acids is 1. The largest absolute Gasteiger partial charge is 0.448 e. The highest BCUT2D eigenvalue weighted by atomic mass is 19.1. The van der Waals surface area contributed by atoms with E-state index in [0.717, 1.165) is 0 Å². The number of halogens is 1. The van der Waals surface area contributed by atoms with E-state index in [1.54, 1.807) is 32.9 Å². The van der Waals surface area contributed by atoms with Gasteiger partial charge < -0.3 is 14.8 Å². The van der Waals surface area contributed by atoms with E-state index in [0.29, 0.717) is 10.9 Å². The number of nitrogens with one attached hydrogen (secondary N) is 1. The van der Waals surface area contributed by atoms with Crippen LogP contribution < -0.4 is 5.32 Å². The van der Waals surface area contributed by atoms with Crippen LogP contribution in [0.1, 0.15) is 30.0 Å². The Morgan fingerprint density at radius 3 is 2.74 bits per heavy atom. The molecule has 0 aliphatic carbocycles. The van der Waals surface area contributed by atoms with Crippen LogP contribution in [-0.2, 0) is 0 Å². The minimum absolute atomic E-state index is 0.0735. The summed E-state index contributed by atoms with van der Waals surface area (Å²) >= 11 is 0. The molecule has 0 radical (unpaired) electrons. The van der Waals surface area contributed by atoms with Crippen LogP contribution in [0, 0.1) is 12.7 Å². The first-order valence-corrected chi connectivity index (χ1v) is 5.98. The lowest BCUT2D eigenvalue weighted by Gasteiger charge is -2.17. The van der Waals surface area contributed by atoms with E-state index in [4.69, 9.17) is 4.42 Å². The standard InChI is InChI=1S/C14H16FNO3/c1-8-9-5-4-6-10(15)12(9)19-11(8)13(17)16-7-14(2,3)18/h4-6,18H,7H2,1-3H3,(H,16,17). The monoisotopic (exact) mass is 265 g/mol. The second-order valence-corrected chi connectivity index (χ2v) is 5.17. The fraction of sp³-hybridized carbons (Fsp3) is 0.357. The molecule has 0 atom stereocenters. The van der Waals surface area contributed by atoms with Crippen LogP contribution in [0.25, 0.3) is 11.0 Å². The van der Waals surface area contributed by atoms with Crippen molar-refractivity contribution in [2.45, 2.75) is 26.4 Å². The number of fused-ring (bicyclic) bond motifs is 1. The van der Waals surface area contributed by atoms with Crippen molar-refractivity contribution in [3.05, 3.63) is 35.3 Å². The van der Waals surface area contributed by atoms with Crippen LogP contribution in [0.4, 0.5) is 4.39 Å². The normalized spacial score (nSPS) is 11.8. The topological polar surface area (TPSA) is 62.5 Å². The van der Waals surface area contributed by atoms with Crippen LogP contribution in [0.5, 0.6) is 0 Å². The van der Waals surface area contributed by atoms with Crippen molar-refractivity contribution < 1.29 is 18.7 Å². The minimum Gasteiger partial charge on any atom is -0.448 e. The van der Waals surface area contributed by atoms with E-state index < -0.39 is 17.3 Å². The maximum Gasteiger partial charge on any atom is 0.287 e. The van der Waals surface area contributed by atoms with Gasteiger partial charge in [0.2, 0.25) is 0 Å². The number of carbonyl (C=O) groups is 1. The molecule has 0 fully saturated rings. The summed E-state index contributed by atoms with van der Waals surface area (Å²) in [6.07, 6.45) is 0. The Morgan fingerprint density at radius 2 is 2.16 bits per heavy atom. The van der Waals surface area contributed by atoms with Gasteiger partial charge in [-0.25, -0.2) is 4.39 Å². The predicted octanol–water partition coefficient (Wildman–Crippen LogP) is 2.38. The third kappa shape index (κ3) is 2.76. The Kier molecular flexibility index (Phi) is 3.32. The average molecular weight is 265 g/mol. The molecule has 19 heavy (non-hydrogen) atoms. The first-order chi connectivity index (χ1) is 8.79. The lowest BCUT2D eigenvalue weighted by Crippen LogP contribution is -2.38. The van der Waals surface area contributed by atoms with Crippen LogP contribution in [0.3, 0.4) is 0 Å². The van der Waals surface area contributed by atoms with E-state index >= 15 is 0 Å². The predicted molar refractivity (Wildman–Crippen MR) is 69.5 cm³/mol. The third-order valence-electron chi connectivity index (χ3n) is 2.80. The maximum absolute atomic E-state index is 13.6. The number of para-hydroxylation sites is 1. The molecular formula is C14H16FNO3. The first kappa shape index (κ1) is 13.5. The van der Waals surface area contributed by atoms with Crippen molar-refractivity contribution in [2.75, 3.05) is 6.54 Å². The Labute approximate surface area is 110 Å². The zero-order valence-electron chi connectivity index (χ0n) is 11.1. The van der Waals surface area contributed by atoms with Crippen LogP contribution in [0.2, 0.25) is 0 Å². The fourth-order valence-corrected chi connectivity index (χ4v) is 1.80. The number of hydrogen-bond donors (Lipinski definition) is 2. The van der Waals surface area contributed by atoms with Gasteiger partial charge in [0.25, 0.3) is 5.91 Å². The molecular weight excluding hydrogens is 249 g/mol. The molecule has 0 spiro atoms. The molecule has 0 saturated heterocycles. The Bertz CT molecular complexity index is 625. The lowest BCUT2D eigenvalue weighted by molar-refractivity contribution is 0.0681. The molecule has 0 aliphatic heterocycles. The summed E-state index contributed by atoms with van der Waals surface area (Å²) in [4.78, 5) is 12.0. The minimum atomic E-state index is -1.01. The Morgan fingerprint density at radius 1 is 1.47 bits per heavy atom. The molecule has 1 aromatic heterocycles. The lowest BCUT2D eigenvalue weighted by atomic mass is 10.1. The van der Waals surface area contributed by atoms with Gasteiger partial charge in [0.15, 0.2) is 17.2 Å². The van der Waals surface area contributed by atoms with Crippen molar-refractivity contribution in [1.29, 1.82) is 0 Å². The number of rotatable bonds is 3. The highest BCUT2D eigenvalue weighted by Gasteiger charge is 2.21. The number of furan rings is 1. The molecule has 0 saturated carbocycles. The van der Waals surface area contributed by atoms with Crippen molar-refractivity contribution in [3.63, 3.8) is 0 Å². The summed E-state index contributed by atoms with van der Waals surface area (Å²) in [5.74, 6) is -0.887. The second kappa shape index (κ2) is 4.66. The van der Waals surface area contributed by atoms with Crippen molar-refractivity contribution >= 4 is 16.9 Å². The van der Waals surface area contributed by atoms with Gasteiger partial charge in [-0.05, 0) is 26.8 Å².